The zero-order chi connectivity index (χ0) is 9.52. The van der Waals surface area contributed by atoms with E-state index in [1.165, 1.54) is 4.90 Å². The number of hydrogen-bond acceptors (Lipinski definition) is 3. The van der Waals surface area contributed by atoms with E-state index < -0.39 is 0 Å². The Labute approximate surface area is 86.9 Å². The van der Waals surface area contributed by atoms with E-state index in [0.29, 0.717) is 0 Å². The molecule has 1 aromatic rings. The van der Waals surface area contributed by atoms with Crippen molar-refractivity contribution in [2.45, 2.75) is 11.8 Å². The van der Waals surface area contributed by atoms with Crippen LogP contribution in [0.2, 0.25) is 0 Å². The van der Waals surface area contributed by atoms with Crippen LogP contribution >= 0.6 is 21.6 Å². The maximum Gasteiger partial charge on any atom is 0.0661 e. The third-order valence-corrected chi connectivity index (χ3v) is 3.99. The number of nitriles is 1. The van der Waals surface area contributed by atoms with Gasteiger partial charge in [0.25, 0.3) is 0 Å². The molecule has 0 fully saturated rings. The fourth-order valence-corrected chi connectivity index (χ4v) is 3.03. The second kappa shape index (κ2) is 5.95. The van der Waals surface area contributed by atoms with E-state index in [1.807, 2.05) is 25.1 Å². The predicted octanol–water partition coefficient (Wildman–Crippen LogP) is 3.59. The average Bonchev–Trinajstić information content (AvgIpc) is 2.19. The van der Waals surface area contributed by atoms with Gasteiger partial charge in [-0.25, -0.2) is 0 Å². The molecule has 0 saturated carbocycles. The molecular formula is C10H11NS2. The van der Waals surface area contributed by atoms with Gasteiger partial charge < -0.3 is 0 Å². The van der Waals surface area contributed by atoms with Crippen LogP contribution in [-0.2, 0) is 0 Å². The molecule has 0 aliphatic heterocycles. The van der Waals surface area contributed by atoms with Gasteiger partial charge in [0.2, 0.25) is 0 Å². The molecule has 1 aromatic carbocycles. The van der Waals surface area contributed by atoms with Crippen LogP contribution in [0.1, 0.15) is 6.92 Å². The molecule has 1 atom stereocenters. The zero-order valence-electron chi connectivity index (χ0n) is 7.43. The molecule has 1 nitrogen and oxygen atoms in total. The molecular weight excluding hydrogens is 198 g/mol. The van der Waals surface area contributed by atoms with Crippen molar-refractivity contribution in [3.8, 4) is 6.07 Å². The highest BCUT2D eigenvalue weighted by Crippen LogP contribution is 2.31. The topological polar surface area (TPSA) is 23.8 Å². The summed E-state index contributed by atoms with van der Waals surface area (Å²) in [5.41, 5.74) is 0. The van der Waals surface area contributed by atoms with Crippen molar-refractivity contribution < 1.29 is 0 Å². The van der Waals surface area contributed by atoms with Crippen LogP contribution in [0.4, 0.5) is 0 Å². The molecule has 1 unspecified atom stereocenters. The summed E-state index contributed by atoms with van der Waals surface area (Å²) < 4.78 is 0. The fourth-order valence-electron chi connectivity index (χ4n) is 0.717. The minimum atomic E-state index is 0.140. The van der Waals surface area contributed by atoms with Crippen molar-refractivity contribution in [1.82, 2.24) is 0 Å². The van der Waals surface area contributed by atoms with Crippen molar-refractivity contribution >= 4 is 21.6 Å². The lowest BCUT2D eigenvalue weighted by atomic mass is 10.3. The van der Waals surface area contributed by atoms with Crippen molar-refractivity contribution in [3.63, 3.8) is 0 Å². The van der Waals surface area contributed by atoms with E-state index in [1.54, 1.807) is 21.6 Å². The summed E-state index contributed by atoms with van der Waals surface area (Å²) in [5, 5.41) is 8.56. The van der Waals surface area contributed by atoms with E-state index in [9.17, 15) is 0 Å². The molecule has 0 amide bonds. The van der Waals surface area contributed by atoms with E-state index in [0.717, 1.165) is 5.75 Å². The van der Waals surface area contributed by atoms with Gasteiger partial charge in [-0.05, 0) is 19.1 Å². The SMILES string of the molecule is CC(C#N)CSSc1ccccc1. The summed E-state index contributed by atoms with van der Waals surface area (Å²) in [6, 6.07) is 12.4. The van der Waals surface area contributed by atoms with Crippen LogP contribution < -0.4 is 0 Å². The molecule has 0 aliphatic rings. The van der Waals surface area contributed by atoms with E-state index in [2.05, 4.69) is 18.2 Å². The average molecular weight is 209 g/mol. The Morgan fingerprint density at radius 2 is 2.08 bits per heavy atom. The van der Waals surface area contributed by atoms with Crippen molar-refractivity contribution in [2.24, 2.45) is 5.92 Å². The fraction of sp³-hybridized carbons (Fsp3) is 0.300. The van der Waals surface area contributed by atoms with Gasteiger partial charge >= 0.3 is 0 Å². The number of nitrogens with zero attached hydrogens (tertiary/aromatic N) is 1. The Hall–Kier alpha value is -0.590. The monoisotopic (exact) mass is 209 g/mol. The number of benzene rings is 1. The lowest BCUT2D eigenvalue weighted by Gasteiger charge is -2.01. The lowest BCUT2D eigenvalue weighted by molar-refractivity contribution is 0.867. The summed E-state index contributed by atoms with van der Waals surface area (Å²) >= 11 is 0. The van der Waals surface area contributed by atoms with E-state index in [-0.39, 0.29) is 5.92 Å². The molecule has 0 aromatic heterocycles. The van der Waals surface area contributed by atoms with E-state index in [4.69, 9.17) is 5.26 Å². The van der Waals surface area contributed by atoms with Crippen molar-refractivity contribution in [2.75, 3.05) is 5.75 Å². The van der Waals surface area contributed by atoms with Crippen LogP contribution in [0.3, 0.4) is 0 Å². The summed E-state index contributed by atoms with van der Waals surface area (Å²) in [6.07, 6.45) is 0. The quantitative estimate of drug-likeness (QED) is 0.708. The summed E-state index contributed by atoms with van der Waals surface area (Å²) in [6.45, 7) is 1.94. The highest BCUT2D eigenvalue weighted by Gasteiger charge is 1.99. The van der Waals surface area contributed by atoms with Crippen LogP contribution in [0, 0.1) is 17.2 Å². The second-order valence-corrected chi connectivity index (χ2v) is 5.13. The van der Waals surface area contributed by atoms with Gasteiger partial charge in [-0.3, -0.25) is 0 Å². The molecule has 0 radical (unpaired) electrons. The summed E-state index contributed by atoms with van der Waals surface area (Å²) in [4.78, 5) is 1.25. The largest absolute Gasteiger partial charge is 0.198 e. The van der Waals surface area contributed by atoms with Crippen LogP contribution in [0.25, 0.3) is 0 Å². The molecule has 0 spiro atoms. The first-order chi connectivity index (χ1) is 6.33. The van der Waals surface area contributed by atoms with Crippen LogP contribution in [0.15, 0.2) is 35.2 Å². The summed E-state index contributed by atoms with van der Waals surface area (Å²) in [7, 11) is 3.46. The first-order valence-electron chi connectivity index (χ1n) is 4.07. The smallest absolute Gasteiger partial charge is 0.0661 e. The first-order valence-corrected chi connectivity index (χ1v) is 6.39. The van der Waals surface area contributed by atoms with Crippen LogP contribution in [-0.4, -0.2) is 5.75 Å². The van der Waals surface area contributed by atoms with Crippen molar-refractivity contribution in [3.05, 3.63) is 30.3 Å². The molecule has 0 saturated heterocycles. The van der Waals surface area contributed by atoms with Gasteiger partial charge in [-0.15, -0.1) is 0 Å². The highest BCUT2D eigenvalue weighted by molar-refractivity contribution is 8.76. The van der Waals surface area contributed by atoms with Gasteiger partial charge in [-0.1, -0.05) is 39.8 Å². The summed E-state index contributed by atoms with van der Waals surface area (Å²) in [5.74, 6) is 1.02. The molecule has 0 bridgehead atoms. The maximum absolute atomic E-state index is 8.56. The molecule has 0 N–H and O–H groups in total. The number of rotatable bonds is 4. The Balaban J connectivity index is 2.25. The lowest BCUT2D eigenvalue weighted by Crippen LogP contribution is -1.90. The minimum Gasteiger partial charge on any atom is -0.198 e. The minimum absolute atomic E-state index is 0.140. The third kappa shape index (κ3) is 4.25. The number of hydrogen-bond donors (Lipinski definition) is 0. The zero-order valence-corrected chi connectivity index (χ0v) is 9.07. The van der Waals surface area contributed by atoms with Gasteiger partial charge in [0.15, 0.2) is 0 Å². The van der Waals surface area contributed by atoms with Gasteiger partial charge in [0, 0.05) is 10.6 Å². The Morgan fingerprint density at radius 1 is 1.38 bits per heavy atom. The predicted molar refractivity (Wildman–Crippen MR) is 59.5 cm³/mol. The molecule has 1 rings (SSSR count). The maximum atomic E-state index is 8.56. The van der Waals surface area contributed by atoms with Gasteiger partial charge in [-0.2, -0.15) is 5.26 Å². The molecule has 0 aliphatic carbocycles. The Kier molecular flexibility index (Phi) is 4.81. The van der Waals surface area contributed by atoms with Gasteiger partial charge in [0.05, 0.1) is 12.0 Å². The van der Waals surface area contributed by atoms with Crippen molar-refractivity contribution in [1.29, 1.82) is 5.26 Å². The molecule has 3 heteroatoms. The third-order valence-electron chi connectivity index (χ3n) is 1.44. The Bertz CT molecular complexity index is 279. The van der Waals surface area contributed by atoms with Crippen LogP contribution in [0.5, 0.6) is 0 Å². The first kappa shape index (κ1) is 10.5. The molecule has 68 valence electrons. The second-order valence-electron chi connectivity index (χ2n) is 2.71. The standard InChI is InChI=1S/C10H11NS2/c1-9(7-11)8-12-13-10-5-3-2-4-6-10/h2-6,9H,8H2,1H3. The van der Waals surface area contributed by atoms with E-state index >= 15 is 0 Å². The van der Waals surface area contributed by atoms with Gasteiger partial charge in [0.1, 0.15) is 0 Å². The normalized spacial score (nSPS) is 12.0. The Morgan fingerprint density at radius 3 is 2.69 bits per heavy atom. The molecule has 0 heterocycles. The molecule has 13 heavy (non-hydrogen) atoms. The highest BCUT2D eigenvalue weighted by atomic mass is 33.1.